The summed E-state index contributed by atoms with van der Waals surface area (Å²) in [4.78, 5) is 13.1. The van der Waals surface area contributed by atoms with Crippen LogP contribution in [0.25, 0.3) is 0 Å². The molecule has 0 radical (unpaired) electrons. The first-order valence-electron chi connectivity index (χ1n) is 6.91. The third-order valence-corrected chi connectivity index (χ3v) is 4.85. The Labute approximate surface area is 122 Å². The fraction of sp³-hybridized carbons (Fsp3) is 0.312. The molecule has 3 nitrogen and oxygen atoms in total. The first kappa shape index (κ1) is 13.3. The normalized spacial score (nSPS) is 15.4. The standard InChI is InChI=1S/C16H17NO2S/c18-16(12-9-10-19-11-12)17-13-5-7-15(8-6-13)20-14-3-1-2-4-14/h5-11,14H,1-4H2,(H,17,18). The predicted octanol–water partition coefficient (Wildman–Crippen LogP) is 4.57. The zero-order valence-corrected chi connectivity index (χ0v) is 12.0. The summed E-state index contributed by atoms with van der Waals surface area (Å²) in [7, 11) is 0. The maximum Gasteiger partial charge on any atom is 0.258 e. The quantitative estimate of drug-likeness (QED) is 0.896. The lowest BCUT2D eigenvalue weighted by molar-refractivity contribution is 0.102. The van der Waals surface area contributed by atoms with Crippen LogP contribution in [0.2, 0.25) is 0 Å². The Hall–Kier alpha value is -1.68. The van der Waals surface area contributed by atoms with Crippen LogP contribution >= 0.6 is 11.8 Å². The summed E-state index contributed by atoms with van der Waals surface area (Å²) in [6.45, 7) is 0. The predicted molar refractivity (Wildman–Crippen MR) is 81.2 cm³/mol. The number of nitrogens with one attached hydrogen (secondary N) is 1. The number of hydrogen-bond acceptors (Lipinski definition) is 3. The molecule has 104 valence electrons. The van der Waals surface area contributed by atoms with E-state index in [9.17, 15) is 4.79 Å². The third-order valence-electron chi connectivity index (χ3n) is 3.50. The number of carbonyl (C=O) groups is 1. The van der Waals surface area contributed by atoms with Crippen LogP contribution < -0.4 is 5.32 Å². The Morgan fingerprint density at radius 1 is 1.15 bits per heavy atom. The van der Waals surface area contributed by atoms with Crippen LogP contribution in [0.4, 0.5) is 5.69 Å². The second-order valence-electron chi connectivity index (χ2n) is 5.01. The maximum atomic E-state index is 11.9. The summed E-state index contributed by atoms with van der Waals surface area (Å²) >= 11 is 1.95. The van der Waals surface area contributed by atoms with Gasteiger partial charge in [0.1, 0.15) is 6.26 Å². The molecule has 3 rings (SSSR count). The minimum Gasteiger partial charge on any atom is -0.472 e. The van der Waals surface area contributed by atoms with Crippen molar-refractivity contribution in [3.63, 3.8) is 0 Å². The number of furan rings is 1. The van der Waals surface area contributed by atoms with E-state index in [0.29, 0.717) is 5.56 Å². The summed E-state index contributed by atoms with van der Waals surface area (Å²) in [6.07, 6.45) is 8.30. The highest BCUT2D eigenvalue weighted by Crippen LogP contribution is 2.34. The fourth-order valence-electron chi connectivity index (χ4n) is 2.41. The van der Waals surface area contributed by atoms with Crippen molar-refractivity contribution in [3.8, 4) is 0 Å². The second-order valence-corrected chi connectivity index (χ2v) is 6.39. The molecule has 0 aliphatic heterocycles. The molecule has 1 heterocycles. The van der Waals surface area contributed by atoms with Gasteiger partial charge in [-0.3, -0.25) is 4.79 Å². The van der Waals surface area contributed by atoms with E-state index >= 15 is 0 Å². The SMILES string of the molecule is O=C(Nc1ccc(SC2CCCC2)cc1)c1ccoc1. The van der Waals surface area contributed by atoms with Crippen LogP contribution in [-0.2, 0) is 0 Å². The molecule has 2 aromatic rings. The Balaban J connectivity index is 1.59. The fourth-order valence-corrected chi connectivity index (χ4v) is 3.66. The Morgan fingerprint density at radius 3 is 2.55 bits per heavy atom. The number of anilines is 1. The van der Waals surface area contributed by atoms with E-state index in [1.807, 2.05) is 23.9 Å². The van der Waals surface area contributed by atoms with Crippen molar-refractivity contribution in [1.82, 2.24) is 0 Å². The maximum absolute atomic E-state index is 11.9. The van der Waals surface area contributed by atoms with Crippen molar-refractivity contribution in [1.29, 1.82) is 0 Å². The van der Waals surface area contributed by atoms with Crippen molar-refractivity contribution in [2.24, 2.45) is 0 Å². The van der Waals surface area contributed by atoms with Gasteiger partial charge in [0.2, 0.25) is 0 Å². The lowest BCUT2D eigenvalue weighted by atomic mass is 10.3. The van der Waals surface area contributed by atoms with E-state index in [4.69, 9.17) is 4.42 Å². The molecule has 1 aromatic carbocycles. The first-order valence-corrected chi connectivity index (χ1v) is 7.79. The van der Waals surface area contributed by atoms with Crippen molar-refractivity contribution in [2.75, 3.05) is 5.32 Å². The molecule has 1 N–H and O–H groups in total. The number of carbonyl (C=O) groups excluding carboxylic acids is 1. The lowest BCUT2D eigenvalue weighted by Crippen LogP contribution is -2.10. The third kappa shape index (κ3) is 3.25. The first-order chi connectivity index (χ1) is 9.81. The van der Waals surface area contributed by atoms with E-state index in [1.54, 1.807) is 6.07 Å². The van der Waals surface area contributed by atoms with Gasteiger partial charge in [0.25, 0.3) is 5.91 Å². The monoisotopic (exact) mass is 287 g/mol. The molecular formula is C16H17NO2S. The van der Waals surface area contributed by atoms with Crippen LogP contribution in [-0.4, -0.2) is 11.2 Å². The van der Waals surface area contributed by atoms with E-state index in [1.165, 1.54) is 43.1 Å². The van der Waals surface area contributed by atoms with Gasteiger partial charge < -0.3 is 9.73 Å². The van der Waals surface area contributed by atoms with E-state index in [0.717, 1.165) is 10.9 Å². The van der Waals surface area contributed by atoms with Crippen molar-refractivity contribution in [2.45, 2.75) is 35.8 Å². The summed E-state index contributed by atoms with van der Waals surface area (Å²) < 4.78 is 4.90. The van der Waals surface area contributed by atoms with Gasteiger partial charge in [0.05, 0.1) is 11.8 Å². The minimum atomic E-state index is -0.144. The molecule has 0 bridgehead atoms. The summed E-state index contributed by atoms with van der Waals surface area (Å²) in [5.74, 6) is -0.144. The molecule has 20 heavy (non-hydrogen) atoms. The minimum absolute atomic E-state index is 0.144. The molecule has 1 aliphatic carbocycles. The average Bonchev–Trinajstić information content (AvgIpc) is 3.13. The second kappa shape index (κ2) is 6.18. The van der Waals surface area contributed by atoms with Crippen molar-refractivity contribution in [3.05, 3.63) is 48.4 Å². The molecule has 0 atom stereocenters. The van der Waals surface area contributed by atoms with Crippen molar-refractivity contribution >= 4 is 23.4 Å². The van der Waals surface area contributed by atoms with Crippen LogP contribution in [0.5, 0.6) is 0 Å². The van der Waals surface area contributed by atoms with E-state index in [-0.39, 0.29) is 5.91 Å². The number of thioether (sulfide) groups is 1. The lowest BCUT2D eigenvalue weighted by Gasteiger charge is -2.09. The zero-order valence-electron chi connectivity index (χ0n) is 11.2. The highest BCUT2D eigenvalue weighted by Gasteiger charge is 2.16. The van der Waals surface area contributed by atoms with E-state index in [2.05, 4.69) is 17.4 Å². The van der Waals surface area contributed by atoms with Crippen LogP contribution in [0, 0.1) is 0 Å². The highest BCUT2D eigenvalue weighted by molar-refractivity contribution is 8.00. The van der Waals surface area contributed by atoms with Gasteiger partial charge in [-0.2, -0.15) is 0 Å². The summed E-state index contributed by atoms with van der Waals surface area (Å²) in [6, 6.07) is 9.71. The topological polar surface area (TPSA) is 42.2 Å². The van der Waals surface area contributed by atoms with E-state index < -0.39 is 0 Å². The molecule has 1 amide bonds. The molecule has 1 fully saturated rings. The molecule has 1 aromatic heterocycles. The van der Waals surface area contributed by atoms with Gasteiger partial charge in [-0.05, 0) is 43.2 Å². The zero-order chi connectivity index (χ0) is 13.8. The molecule has 4 heteroatoms. The number of benzene rings is 1. The van der Waals surface area contributed by atoms with Gasteiger partial charge in [-0.25, -0.2) is 0 Å². The largest absolute Gasteiger partial charge is 0.472 e. The van der Waals surface area contributed by atoms with Crippen LogP contribution in [0.1, 0.15) is 36.0 Å². The molecule has 1 saturated carbocycles. The van der Waals surface area contributed by atoms with Gasteiger partial charge in [0, 0.05) is 15.8 Å². The molecule has 0 spiro atoms. The molecule has 0 saturated heterocycles. The molecule has 1 aliphatic rings. The van der Waals surface area contributed by atoms with Gasteiger partial charge in [0.15, 0.2) is 0 Å². The Morgan fingerprint density at radius 2 is 1.90 bits per heavy atom. The van der Waals surface area contributed by atoms with Gasteiger partial charge in [-0.1, -0.05) is 12.8 Å². The van der Waals surface area contributed by atoms with Crippen molar-refractivity contribution < 1.29 is 9.21 Å². The van der Waals surface area contributed by atoms with Gasteiger partial charge >= 0.3 is 0 Å². The van der Waals surface area contributed by atoms with Gasteiger partial charge in [-0.15, -0.1) is 11.8 Å². The smallest absolute Gasteiger partial charge is 0.258 e. The molecule has 0 unspecified atom stereocenters. The number of amides is 1. The summed E-state index contributed by atoms with van der Waals surface area (Å²) in [5.41, 5.74) is 1.35. The van der Waals surface area contributed by atoms with Crippen LogP contribution in [0.3, 0.4) is 0 Å². The molecular weight excluding hydrogens is 270 g/mol. The average molecular weight is 287 g/mol. The number of hydrogen-bond donors (Lipinski definition) is 1. The number of rotatable bonds is 4. The highest BCUT2D eigenvalue weighted by atomic mass is 32.2. The summed E-state index contributed by atoms with van der Waals surface area (Å²) in [5, 5.41) is 3.62. The van der Waals surface area contributed by atoms with Crippen LogP contribution in [0.15, 0.2) is 52.2 Å². The Bertz CT molecular complexity index is 557. The Kier molecular flexibility index (Phi) is 4.11.